The number of nitrogens with one attached hydrogen (secondary N) is 4. The molecule has 0 spiro atoms. The minimum Gasteiger partial charge on any atom is -0.394 e. The van der Waals surface area contributed by atoms with Gasteiger partial charge in [0.05, 0.1) is 12.6 Å². The second-order valence-corrected chi connectivity index (χ2v) is 7.47. The number of aldehydes is 1. The highest BCUT2D eigenvalue weighted by Crippen LogP contribution is 2.09. The Balaban J connectivity index is 5.28. The molecule has 0 heterocycles. The Labute approximate surface area is 171 Å². The molecule has 0 aliphatic carbocycles. The first-order chi connectivity index (χ1) is 13.5. The van der Waals surface area contributed by atoms with Crippen molar-refractivity contribution in [1.29, 1.82) is 0 Å². The largest absolute Gasteiger partial charge is 0.394 e. The van der Waals surface area contributed by atoms with E-state index in [0.717, 1.165) is 0 Å². The molecule has 2 unspecified atom stereocenters. The molecule has 29 heavy (non-hydrogen) atoms. The zero-order valence-electron chi connectivity index (χ0n) is 17.9. The first-order valence-corrected chi connectivity index (χ1v) is 9.72. The van der Waals surface area contributed by atoms with Gasteiger partial charge in [-0.15, -0.1) is 0 Å². The molecule has 0 saturated carbocycles. The van der Waals surface area contributed by atoms with Crippen molar-refractivity contribution in [3.8, 4) is 0 Å². The Morgan fingerprint density at radius 1 is 0.862 bits per heavy atom. The summed E-state index contributed by atoms with van der Waals surface area (Å²) in [5.41, 5.74) is 0. The van der Waals surface area contributed by atoms with E-state index >= 15 is 0 Å². The second kappa shape index (κ2) is 12.9. The Bertz CT molecular complexity index is 595. The van der Waals surface area contributed by atoms with Crippen LogP contribution in [0.25, 0.3) is 0 Å². The normalized spacial score (nSPS) is 16.0. The van der Waals surface area contributed by atoms with Crippen LogP contribution in [0.5, 0.6) is 0 Å². The zero-order valence-corrected chi connectivity index (χ0v) is 17.9. The molecule has 166 valence electrons. The van der Waals surface area contributed by atoms with E-state index in [2.05, 4.69) is 21.3 Å². The number of hydrogen-bond acceptors (Lipinski definition) is 6. The van der Waals surface area contributed by atoms with Crippen LogP contribution in [0.15, 0.2) is 0 Å². The van der Waals surface area contributed by atoms with Crippen LogP contribution in [0.3, 0.4) is 0 Å². The molecule has 0 saturated heterocycles. The molecule has 0 rings (SSSR count). The van der Waals surface area contributed by atoms with Crippen molar-refractivity contribution in [3.05, 3.63) is 0 Å². The average molecular weight is 415 g/mol. The molecule has 5 atom stereocenters. The highest BCUT2D eigenvalue weighted by molar-refractivity contribution is 5.94. The predicted octanol–water partition coefficient (Wildman–Crippen LogP) is -1.14. The Hall–Kier alpha value is -2.49. The summed E-state index contributed by atoms with van der Waals surface area (Å²) in [5.74, 6) is -2.80. The maximum Gasteiger partial charge on any atom is 0.245 e. The molecule has 0 aromatic carbocycles. The quantitative estimate of drug-likeness (QED) is 0.254. The van der Waals surface area contributed by atoms with Crippen LogP contribution in [-0.4, -0.2) is 65.8 Å². The van der Waals surface area contributed by atoms with Crippen molar-refractivity contribution in [1.82, 2.24) is 21.3 Å². The van der Waals surface area contributed by atoms with Crippen molar-refractivity contribution in [2.45, 2.75) is 72.1 Å². The van der Waals surface area contributed by atoms with Gasteiger partial charge in [0.15, 0.2) is 0 Å². The van der Waals surface area contributed by atoms with Gasteiger partial charge in [-0.3, -0.25) is 19.2 Å². The van der Waals surface area contributed by atoms with E-state index < -0.39 is 54.4 Å². The third-order valence-electron chi connectivity index (χ3n) is 4.49. The van der Waals surface area contributed by atoms with Gasteiger partial charge in [-0.25, -0.2) is 0 Å². The lowest BCUT2D eigenvalue weighted by Crippen LogP contribution is -2.60. The summed E-state index contributed by atoms with van der Waals surface area (Å²) in [7, 11) is 0. The van der Waals surface area contributed by atoms with Crippen molar-refractivity contribution in [2.24, 2.45) is 11.8 Å². The van der Waals surface area contributed by atoms with Gasteiger partial charge in [0.2, 0.25) is 23.6 Å². The standard InChI is InChI=1S/C19H34N4O6/c1-7-11(4)16(19(29)20-12(5)8-24)23-17(27)14(9-25)22-18(28)15(10(2)3)21-13(6)26/h8,10-12,14-16,25H,7,9H2,1-6H3,(H,20,29)(H,21,26)(H,22,28)(H,23,27)/t11-,12?,14?,15-,16-/m0/s1. The first kappa shape index (κ1) is 26.5. The lowest BCUT2D eigenvalue weighted by atomic mass is 9.97. The van der Waals surface area contributed by atoms with Gasteiger partial charge in [0.25, 0.3) is 0 Å². The van der Waals surface area contributed by atoms with Gasteiger partial charge in [0.1, 0.15) is 24.4 Å². The van der Waals surface area contributed by atoms with E-state index in [1.54, 1.807) is 20.8 Å². The maximum atomic E-state index is 12.6. The fourth-order valence-corrected chi connectivity index (χ4v) is 2.51. The minimum atomic E-state index is -1.31. The smallest absolute Gasteiger partial charge is 0.245 e. The number of amides is 4. The summed E-state index contributed by atoms with van der Waals surface area (Å²) in [5, 5.41) is 19.5. The Kier molecular flexibility index (Phi) is 11.8. The molecule has 10 nitrogen and oxygen atoms in total. The number of aliphatic hydroxyl groups excluding tert-OH is 1. The third kappa shape index (κ3) is 9.03. The highest BCUT2D eigenvalue weighted by atomic mass is 16.3. The summed E-state index contributed by atoms with van der Waals surface area (Å²) < 4.78 is 0. The topological polar surface area (TPSA) is 154 Å². The summed E-state index contributed by atoms with van der Waals surface area (Å²) in [6, 6.07) is -3.85. The van der Waals surface area contributed by atoms with E-state index in [-0.39, 0.29) is 11.8 Å². The van der Waals surface area contributed by atoms with Crippen molar-refractivity contribution in [2.75, 3.05) is 6.61 Å². The van der Waals surface area contributed by atoms with Gasteiger partial charge in [0, 0.05) is 6.92 Å². The maximum absolute atomic E-state index is 12.6. The monoisotopic (exact) mass is 414 g/mol. The zero-order chi connectivity index (χ0) is 22.7. The van der Waals surface area contributed by atoms with Crippen LogP contribution in [0, 0.1) is 11.8 Å². The lowest BCUT2D eigenvalue weighted by molar-refractivity contribution is -0.135. The number of carbonyl (C=O) groups excluding carboxylic acids is 5. The number of aliphatic hydroxyl groups is 1. The van der Waals surface area contributed by atoms with Crippen molar-refractivity contribution >= 4 is 29.9 Å². The fraction of sp³-hybridized carbons (Fsp3) is 0.737. The Morgan fingerprint density at radius 2 is 1.41 bits per heavy atom. The average Bonchev–Trinajstić information content (AvgIpc) is 2.66. The molecule has 0 fully saturated rings. The summed E-state index contributed by atoms with van der Waals surface area (Å²) >= 11 is 0. The number of carbonyl (C=O) groups is 5. The van der Waals surface area contributed by atoms with E-state index in [1.165, 1.54) is 13.8 Å². The van der Waals surface area contributed by atoms with E-state index in [4.69, 9.17) is 0 Å². The summed E-state index contributed by atoms with van der Waals surface area (Å²) in [6.07, 6.45) is 1.14. The molecule has 0 aromatic rings. The first-order valence-electron chi connectivity index (χ1n) is 9.72. The molecule has 4 amide bonds. The van der Waals surface area contributed by atoms with Crippen LogP contribution in [-0.2, 0) is 24.0 Å². The minimum absolute atomic E-state index is 0.246. The molecule has 0 aliphatic rings. The van der Waals surface area contributed by atoms with Crippen molar-refractivity contribution < 1.29 is 29.1 Å². The highest BCUT2D eigenvalue weighted by Gasteiger charge is 2.32. The molecule has 0 radical (unpaired) electrons. The van der Waals surface area contributed by atoms with Gasteiger partial charge >= 0.3 is 0 Å². The molecule has 10 heteroatoms. The molecular weight excluding hydrogens is 380 g/mol. The molecule has 0 aromatic heterocycles. The van der Waals surface area contributed by atoms with Crippen LogP contribution in [0.2, 0.25) is 0 Å². The van der Waals surface area contributed by atoms with Crippen molar-refractivity contribution in [3.63, 3.8) is 0 Å². The van der Waals surface area contributed by atoms with Gasteiger partial charge in [-0.1, -0.05) is 34.1 Å². The SMILES string of the molecule is CC[C@H](C)[C@H](NC(=O)C(CO)NC(=O)[C@@H](NC(C)=O)C(C)C)C(=O)NC(C)C=O. The number of hydrogen-bond donors (Lipinski definition) is 5. The number of rotatable bonds is 12. The van der Waals surface area contributed by atoms with E-state index in [0.29, 0.717) is 12.7 Å². The van der Waals surface area contributed by atoms with Crippen LogP contribution >= 0.6 is 0 Å². The predicted molar refractivity (Wildman–Crippen MR) is 107 cm³/mol. The van der Waals surface area contributed by atoms with Crippen LogP contribution in [0.1, 0.15) is 48.0 Å². The van der Waals surface area contributed by atoms with E-state index in [9.17, 15) is 29.1 Å². The van der Waals surface area contributed by atoms with E-state index in [1.807, 2.05) is 6.92 Å². The molecule has 5 N–H and O–H groups in total. The van der Waals surface area contributed by atoms with Gasteiger partial charge < -0.3 is 31.2 Å². The fourth-order valence-electron chi connectivity index (χ4n) is 2.51. The third-order valence-corrected chi connectivity index (χ3v) is 4.49. The summed E-state index contributed by atoms with van der Waals surface area (Å²) in [4.78, 5) is 59.6. The second-order valence-electron chi connectivity index (χ2n) is 7.47. The van der Waals surface area contributed by atoms with Crippen LogP contribution in [0.4, 0.5) is 0 Å². The lowest BCUT2D eigenvalue weighted by Gasteiger charge is -2.28. The molecule has 0 aliphatic heterocycles. The molecular formula is C19H34N4O6. The molecule has 0 bridgehead atoms. The van der Waals surface area contributed by atoms with Crippen LogP contribution < -0.4 is 21.3 Å². The van der Waals surface area contributed by atoms with Gasteiger partial charge in [-0.2, -0.15) is 0 Å². The van der Waals surface area contributed by atoms with Gasteiger partial charge in [-0.05, 0) is 18.8 Å². The Morgan fingerprint density at radius 3 is 1.83 bits per heavy atom. The summed E-state index contributed by atoms with van der Waals surface area (Å²) in [6.45, 7) is 9.14.